The summed E-state index contributed by atoms with van der Waals surface area (Å²) in [4.78, 5) is 46.9. The molecule has 1 aliphatic rings. The van der Waals surface area contributed by atoms with E-state index in [4.69, 9.17) is 4.74 Å². The fourth-order valence-corrected chi connectivity index (χ4v) is 3.74. The Morgan fingerprint density at radius 2 is 1.78 bits per heavy atom. The lowest BCUT2D eigenvalue weighted by atomic mass is 9.93. The van der Waals surface area contributed by atoms with Crippen LogP contribution in [0.4, 0.5) is 35.3 Å². The average molecular weight is 511 g/mol. The number of hydrogen-bond acceptors (Lipinski definition) is 7. The summed E-state index contributed by atoms with van der Waals surface area (Å²) in [7, 11) is 1.20. The first-order valence-corrected chi connectivity index (χ1v) is 11.4. The number of carbonyl (C=O) groups is 2. The normalized spacial score (nSPS) is 14.9. The van der Waals surface area contributed by atoms with E-state index >= 15 is 0 Å². The van der Waals surface area contributed by atoms with Crippen LogP contribution in [0.1, 0.15) is 45.6 Å². The SMILES string of the molecule is Cn1cc(C(F)(F)F)cc(NC(=O)CC2CCN(c3cnc(NC(=O)OC(C)(C)C)cn3)CC2)c1=O. The molecule has 196 valence electrons. The zero-order valence-electron chi connectivity index (χ0n) is 20.5. The molecule has 0 unspecified atom stereocenters. The minimum absolute atomic E-state index is 0.00281. The second-order valence-corrected chi connectivity index (χ2v) is 9.63. The number of alkyl halides is 3. The van der Waals surface area contributed by atoms with Crippen LogP contribution in [0.3, 0.4) is 0 Å². The quantitative estimate of drug-likeness (QED) is 0.628. The van der Waals surface area contributed by atoms with Crippen LogP contribution < -0.4 is 21.1 Å². The summed E-state index contributed by atoms with van der Waals surface area (Å²) in [6.07, 6.45) is -0.246. The van der Waals surface area contributed by atoms with Gasteiger partial charge in [0.25, 0.3) is 5.56 Å². The maximum Gasteiger partial charge on any atom is 0.417 e. The van der Waals surface area contributed by atoms with Crippen LogP contribution in [-0.4, -0.2) is 45.2 Å². The van der Waals surface area contributed by atoms with Crippen LogP contribution in [0.2, 0.25) is 0 Å². The largest absolute Gasteiger partial charge is 0.444 e. The van der Waals surface area contributed by atoms with Crippen LogP contribution in [0.25, 0.3) is 0 Å². The monoisotopic (exact) mass is 510 g/mol. The van der Waals surface area contributed by atoms with Crippen molar-refractivity contribution in [1.29, 1.82) is 0 Å². The van der Waals surface area contributed by atoms with Gasteiger partial charge in [-0.2, -0.15) is 13.2 Å². The molecule has 0 saturated carbocycles. The molecular weight excluding hydrogens is 481 g/mol. The minimum atomic E-state index is -4.63. The van der Waals surface area contributed by atoms with Gasteiger partial charge >= 0.3 is 12.3 Å². The van der Waals surface area contributed by atoms with Crippen LogP contribution in [0.15, 0.2) is 29.5 Å². The van der Waals surface area contributed by atoms with Crippen molar-refractivity contribution in [3.05, 3.63) is 40.6 Å². The van der Waals surface area contributed by atoms with Crippen LogP contribution in [-0.2, 0) is 22.8 Å². The molecule has 0 bridgehead atoms. The van der Waals surface area contributed by atoms with Gasteiger partial charge in [-0.3, -0.25) is 14.9 Å². The van der Waals surface area contributed by atoms with Crippen molar-refractivity contribution >= 4 is 29.3 Å². The van der Waals surface area contributed by atoms with E-state index in [1.807, 2.05) is 4.90 Å². The maximum absolute atomic E-state index is 13.0. The molecule has 10 nitrogen and oxygen atoms in total. The summed E-state index contributed by atoms with van der Waals surface area (Å²) < 4.78 is 45.1. The number of pyridine rings is 1. The molecule has 36 heavy (non-hydrogen) atoms. The predicted octanol–water partition coefficient (Wildman–Crippen LogP) is 3.79. The van der Waals surface area contributed by atoms with Gasteiger partial charge in [0, 0.05) is 32.8 Å². The van der Waals surface area contributed by atoms with Crippen molar-refractivity contribution in [1.82, 2.24) is 14.5 Å². The third-order valence-electron chi connectivity index (χ3n) is 5.46. The van der Waals surface area contributed by atoms with Gasteiger partial charge in [0.1, 0.15) is 17.1 Å². The van der Waals surface area contributed by atoms with Crippen molar-refractivity contribution in [3.63, 3.8) is 0 Å². The third-order valence-corrected chi connectivity index (χ3v) is 5.46. The summed E-state index contributed by atoms with van der Waals surface area (Å²) in [6.45, 7) is 6.44. The van der Waals surface area contributed by atoms with Gasteiger partial charge in [-0.1, -0.05) is 0 Å². The van der Waals surface area contributed by atoms with E-state index in [1.54, 1.807) is 20.8 Å². The zero-order chi connectivity index (χ0) is 26.7. The Morgan fingerprint density at radius 1 is 1.11 bits per heavy atom. The molecule has 0 aromatic carbocycles. The maximum atomic E-state index is 13.0. The number of piperidine rings is 1. The number of carbonyl (C=O) groups excluding carboxylic acids is 2. The highest BCUT2D eigenvalue weighted by atomic mass is 19.4. The fraction of sp³-hybridized carbons (Fsp3) is 0.522. The van der Waals surface area contributed by atoms with Crippen LogP contribution in [0.5, 0.6) is 0 Å². The van der Waals surface area contributed by atoms with Gasteiger partial charge in [-0.15, -0.1) is 0 Å². The number of ether oxygens (including phenoxy) is 1. The van der Waals surface area contributed by atoms with Crippen LogP contribution >= 0.6 is 0 Å². The van der Waals surface area contributed by atoms with E-state index < -0.39 is 40.6 Å². The number of halogens is 3. The van der Waals surface area contributed by atoms with Gasteiger partial charge in [-0.25, -0.2) is 14.8 Å². The molecule has 2 amide bonds. The Kier molecular flexibility index (Phi) is 7.89. The van der Waals surface area contributed by atoms with Gasteiger partial charge in [0.2, 0.25) is 5.91 Å². The lowest BCUT2D eigenvalue weighted by Gasteiger charge is -2.32. The lowest BCUT2D eigenvalue weighted by Crippen LogP contribution is -2.36. The highest BCUT2D eigenvalue weighted by Crippen LogP contribution is 2.30. The third kappa shape index (κ3) is 7.43. The molecule has 3 rings (SSSR count). The zero-order valence-corrected chi connectivity index (χ0v) is 20.5. The molecule has 13 heteroatoms. The predicted molar refractivity (Wildman–Crippen MR) is 127 cm³/mol. The Morgan fingerprint density at radius 3 is 2.33 bits per heavy atom. The van der Waals surface area contributed by atoms with Gasteiger partial charge < -0.3 is 19.5 Å². The van der Waals surface area contributed by atoms with Gasteiger partial charge in [-0.05, 0) is 45.6 Å². The number of aryl methyl sites for hydroxylation is 1. The molecule has 3 heterocycles. The Labute approximate surface area is 205 Å². The van der Waals surface area contributed by atoms with E-state index in [0.717, 1.165) is 4.57 Å². The first-order valence-electron chi connectivity index (χ1n) is 11.4. The highest BCUT2D eigenvalue weighted by Gasteiger charge is 2.32. The topological polar surface area (TPSA) is 118 Å². The first kappa shape index (κ1) is 27.0. The summed E-state index contributed by atoms with van der Waals surface area (Å²) >= 11 is 0. The number of rotatable bonds is 5. The second-order valence-electron chi connectivity index (χ2n) is 9.63. The molecule has 2 aromatic rings. The Bertz CT molecular complexity index is 1150. The number of nitrogens with zero attached hydrogens (tertiary/aromatic N) is 4. The molecule has 0 radical (unpaired) electrons. The van der Waals surface area contributed by atoms with E-state index in [9.17, 15) is 27.6 Å². The molecule has 2 aromatic heterocycles. The smallest absolute Gasteiger partial charge is 0.417 e. The van der Waals surface area contributed by atoms with E-state index in [-0.39, 0.29) is 18.2 Å². The molecule has 1 saturated heterocycles. The second kappa shape index (κ2) is 10.5. The average Bonchev–Trinajstić information content (AvgIpc) is 2.76. The standard InChI is InChI=1S/C23H29F3N6O4/c1-22(2,3)36-21(35)30-17-11-28-18(12-27-17)32-7-5-14(6-8-32)9-19(33)29-16-10-15(23(24,25)26)13-31(4)20(16)34/h10-14H,5-9H2,1-4H3,(H,29,33)(H,27,30,35). The Hall–Kier alpha value is -3.64. The fourth-order valence-electron chi connectivity index (χ4n) is 3.74. The summed E-state index contributed by atoms with van der Waals surface area (Å²) in [6, 6.07) is 0.656. The van der Waals surface area contributed by atoms with Crippen molar-refractivity contribution in [2.24, 2.45) is 13.0 Å². The first-order chi connectivity index (χ1) is 16.7. The Balaban J connectivity index is 1.51. The number of nitrogens with one attached hydrogen (secondary N) is 2. The highest BCUT2D eigenvalue weighted by molar-refractivity contribution is 5.90. The van der Waals surface area contributed by atoms with E-state index in [2.05, 4.69) is 20.6 Å². The molecular formula is C23H29F3N6O4. The summed E-state index contributed by atoms with van der Waals surface area (Å²) in [5.74, 6) is 0.347. The number of aromatic nitrogens is 3. The molecule has 2 N–H and O–H groups in total. The van der Waals surface area contributed by atoms with Crippen molar-refractivity contribution in [2.75, 3.05) is 28.6 Å². The summed E-state index contributed by atoms with van der Waals surface area (Å²) in [5.41, 5.74) is -2.76. The van der Waals surface area contributed by atoms with E-state index in [0.29, 0.717) is 44.0 Å². The number of amides is 2. The van der Waals surface area contributed by atoms with Gasteiger partial charge in [0.15, 0.2) is 5.82 Å². The number of anilines is 3. The van der Waals surface area contributed by atoms with Crippen molar-refractivity contribution in [2.45, 2.75) is 51.8 Å². The van der Waals surface area contributed by atoms with Crippen molar-refractivity contribution < 1.29 is 27.5 Å². The molecule has 1 fully saturated rings. The number of hydrogen-bond donors (Lipinski definition) is 2. The van der Waals surface area contributed by atoms with Crippen LogP contribution in [0, 0.1) is 5.92 Å². The summed E-state index contributed by atoms with van der Waals surface area (Å²) in [5, 5.41) is 4.85. The molecule has 0 aliphatic carbocycles. The minimum Gasteiger partial charge on any atom is -0.444 e. The molecule has 0 spiro atoms. The van der Waals surface area contributed by atoms with Gasteiger partial charge in [0.05, 0.1) is 18.0 Å². The molecule has 0 atom stereocenters. The van der Waals surface area contributed by atoms with Crippen molar-refractivity contribution in [3.8, 4) is 0 Å². The lowest BCUT2D eigenvalue weighted by molar-refractivity contribution is -0.138. The molecule has 1 aliphatic heterocycles. The van der Waals surface area contributed by atoms with E-state index in [1.165, 1.54) is 19.4 Å².